The minimum absolute atomic E-state index is 0.0278. The molecule has 0 saturated heterocycles. The molecule has 1 N–H and O–H groups in total. The predicted octanol–water partition coefficient (Wildman–Crippen LogP) is 3.67. The molecule has 0 amide bonds. The second-order valence-electron chi connectivity index (χ2n) is 6.35. The Balaban J connectivity index is 1.95. The Morgan fingerprint density at radius 2 is 2.10 bits per heavy atom. The van der Waals surface area contributed by atoms with E-state index in [0.717, 1.165) is 17.7 Å². The van der Waals surface area contributed by atoms with Crippen LogP contribution in [0.25, 0.3) is 0 Å². The quantitative estimate of drug-likeness (QED) is 0.859. The van der Waals surface area contributed by atoms with Gasteiger partial charge in [-0.15, -0.1) is 0 Å². The molecule has 3 nitrogen and oxygen atoms in total. The molecule has 1 aromatic rings. The molecule has 1 aromatic carbocycles. The molecule has 2 atom stereocenters. The van der Waals surface area contributed by atoms with E-state index in [2.05, 4.69) is 24.4 Å². The summed E-state index contributed by atoms with van der Waals surface area (Å²) in [7, 11) is 0. The zero-order valence-electron chi connectivity index (χ0n) is 11.4. The maximum absolute atomic E-state index is 12.5. The Morgan fingerprint density at radius 1 is 1.35 bits per heavy atom. The van der Waals surface area contributed by atoms with Crippen molar-refractivity contribution < 1.29 is 4.79 Å². The van der Waals surface area contributed by atoms with Gasteiger partial charge >= 0.3 is 0 Å². The first kappa shape index (κ1) is 13.9. The maximum atomic E-state index is 12.5. The number of halogens is 2. The van der Waals surface area contributed by atoms with E-state index < -0.39 is 0 Å². The first-order chi connectivity index (χ1) is 9.37. The average Bonchev–Trinajstić information content (AvgIpc) is 2.71. The second kappa shape index (κ2) is 4.74. The van der Waals surface area contributed by atoms with Crippen LogP contribution in [0.2, 0.25) is 10.0 Å². The highest BCUT2D eigenvalue weighted by molar-refractivity contribution is 6.37. The van der Waals surface area contributed by atoms with E-state index in [0.29, 0.717) is 16.5 Å². The van der Waals surface area contributed by atoms with E-state index in [1.54, 1.807) is 12.1 Å². The van der Waals surface area contributed by atoms with Crippen molar-refractivity contribution in [3.63, 3.8) is 0 Å². The summed E-state index contributed by atoms with van der Waals surface area (Å²) in [5.41, 5.74) is 4.68. The fraction of sp³-hybridized carbons (Fsp3) is 0.467. The van der Waals surface area contributed by atoms with Gasteiger partial charge in [0, 0.05) is 17.0 Å². The highest BCUT2D eigenvalue weighted by atomic mass is 35.5. The van der Waals surface area contributed by atoms with Crippen LogP contribution >= 0.6 is 23.2 Å². The van der Waals surface area contributed by atoms with E-state index >= 15 is 0 Å². The minimum atomic E-state index is -0.193. The number of hydrogen-bond acceptors (Lipinski definition) is 3. The van der Waals surface area contributed by atoms with Crippen LogP contribution in [0.1, 0.15) is 32.3 Å². The third-order valence-corrected chi connectivity index (χ3v) is 4.57. The molecule has 0 aromatic heterocycles. The number of nitrogens with one attached hydrogen (secondary N) is 1. The fourth-order valence-electron chi connectivity index (χ4n) is 3.20. The van der Waals surface area contributed by atoms with E-state index in [1.165, 1.54) is 0 Å². The summed E-state index contributed by atoms with van der Waals surface area (Å²) < 4.78 is 0. The first-order valence-electron chi connectivity index (χ1n) is 6.69. The van der Waals surface area contributed by atoms with Gasteiger partial charge in [-0.3, -0.25) is 4.79 Å². The van der Waals surface area contributed by atoms with Gasteiger partial charge in [-0.05, 0) is 24.0 Å². The van der Waals surface area contributed by atoms with Crippen molar-refractivity contribution in [1.29, 1.82) is 0 Å². The summed E-state index contributed by atoms with van der Waals surface area (Å²) in [5, 5.41) is 5.49. The lowest BCUT2D eigenvalue weighted by Crippen LogP contribution is -2.45. The Bertz CT molecular complexity index is 610. The van der Waals surface area contributed by atoms with Gasteiger partial charge in [0.1, 0.15) is 5.78 Å². The van der Waals surface area contributed by atoms with Gasteiger partial charge in [-0.25, -0.2) is 0 Å². The molecule has 1 aliphatic carbocycles. The number of fused-ring (bicyclic) bond motifs is 1. The molecule has 1 saturated carbocycles. The van der Waals surface area contributed by atoms with Gasteiger partial charge in [0.25, 0.3) is 0 Å². The van der Waals surface area contributed by atoms with Gasteiger partial charge in [0.2, 0.25) is 0 Å². The van der Waals surface area contributed by atoms with Crippen LogP contribution in [0.4, 0.5) is 0 Å². The molecule has 1 heterocycles. The van der Waals surface area contributed by atoms with Crippen molar-refractivity contribution >= 4 is 34.7 Å². The molecule has 0 radical (unpaired) electrons. The van der Waals surface area contributed by atoms with Crippen LogP contribution in [0, 0.1) is 11.3 Å². The first-order valence-corrected chi connectivity index (χ1v) is 7.44. The molecule has 0 bridgehead atoms. The van der Waals surface area contributed by atoms with Crippen molar-refractivity contribution in [2.75, 3.05) is 0 Å². The van der Waals surface area contributed by atoms with Crippen molar-refractivity contribution in [2.24, 2.45) is 16.4 Å². The van der Waals surface area contributed by atoms with Crippen LogP contribution in [-0.4, -0.2) is 17.5 Å². The fourth-order valence-corrected chi connectivity index (χ4v) is 3.71. The molecule has 106 valence electrons. The number of hydrazone groups is 1. The Morgan fingerprint density at radius 3 is 2.80 bits per heavy atom. The molecule has 1 aliphatic heterocycles. The van der Waals surface area contributed by atoms with Crippen LogP contribution in [-0.2, 0) is 4.79 Å². The summed E-state index contributed by atoms with van der Waals surface area (Å²) in [6.45, 7) is 4.24. The van der Waals surface area contributed by atoms with Gasteiger partial charge in [0.05, 0.1) is 22.7 Å². The normalized spacial score (nSPS) is 27.8. The summed E-state index contributed by atoms with van der Waals surface area (Å²) >= 11 is 12.2. The number of hydrogen-bond donors (Lipinski definition) is 1. The number of Topliss-reactive ketones (excluding diaryl/α,β-unsaturated/α-hetero) is 1. The van der Waals surface area contributed by atoms with Gasteiger partial charge in [-0.1, -0.05) is 43.1 Å². The summed E-state index contributed by atoms with van der Waals surface area (Å²) in [6, 6.07) is 5.37. The molecule has 3 rings (SSSR count). The van der Waals surface area contributed by atoms with Gasteiger partial charge in [0.15, 0.2) is 0 Å². The molecule has 1 fully saturated rings. The summed E-state index contributed by atoms with van der Waals surface area (Å²) in [4.78, 5) is 12.5. The van der Waals surface area contributed by atoms with E-state index in [9.17, 15) is 4.79 Å². The third kappa shape index (κ3) is 2.33. The summed E-state index contributed by atoms with van der Waals surface area (Å²) in [6.07, 6.45) is 1.52. The topological polar surface area (TPSA) is 41.5 Å². The molecule has 0 spiro atoms. The number of carbonyl (C=O) groups is 1. The Hall–Kier alpha value is -1.06. The van der Waals surface area contributed by atoms with Crippen molar-refractivity contribution in [3.05, 3.63) is 33.8 Å². The molecule has 5 heteroatoms. The van der Waals surface area contributed by atoms with Crippen LogP contribution in [0.5, 0.6) is 0 Å². The molecule has 2 aliphatic rings. The van der Waals surface area contributed by atoms with Crippen LogP contribution < -0.4 is 5.43 Å². The zero-order valence-corrected chi connectivity index (χ0v) is 12.9. The van der Waals surface area contributed by atoms with E-state index in [1.807, 2.05) is 6.07 Å². The molecular weight excluding hydrogens is 295 g/mol. The number of benzene rings is 1. The van der Waals surface area contributed by atoms with Gasteiger partial charge in [-0.2, -0.15) is 5.10 Å². The third-order valence-electron chi connectivity index (χ3n) is 4.03. The highest BCUT2D eigenvalue weighted by Crippen LogP contribution is 2.40. The zero-order chi connectivity index (χ0) is 14.5. The minimum Gasteiger partial charge on any atom is -0.306 e. The van der Waals surface area contributed by atoms with Crippen molar-refractivity contribution in [3.8, 4) is 0 Å². The standard InChI is InChI=1S/C15H16Cl2N2O/c1-15(2)6-11-13(12(20)7-15)14(19-18-11)9-4-3-8(16)5-10(9)17/h3-5,11,13,18H,6-7H2,1-2H3/t11-,13-/m1/s1. The lowest BCUT2D eigenvalue weighted by atomic mass is 9.68. The lowest BCUT2D eigenvalue weighted by Gasteiger charge is -2.36. The number of rotatable bonds is 1. The van der Waals surface area contributed by atoms with E-state index in [4.69, 9.17) is 23.2 Å². The van der Waals surface area contributed by atoms with Crippen molar-refractivity contribution in [1.82, 2.24) is 5.43 Å². The van der Waals surface area contributed by atoms with Crippen molar-refractivity contribution in [2.45, 2.75) is 32.7 Å². The Labute approximate surface area is 128 Å². The SMILES string of the molecule is CC1(C)CC(=O)[C@@H]2C(c3ccc(Cl)cc3Cl)=NN[C@@H]2C1. The largest absolute Gasteiger partial charge is 0.306 e. The summed E-state index contributed by atoms with van der Waals surface area (Å²) in [5.74, 6) is 0.0442. The number of ketones is 1. The van der Waals surface area contributed by atoms with Crippen LogP contribution in [0.15, 0.2) is 23.3 Å². The Kier molecular flexibility index (Phi) is 3.30. The maximum Gasteiger partial charge on any atom is 0.144 e. The molecule has 0 unspecified atom stereocenters. The monoisotopic (exact) mass is 310 g/mol. The van der Waals surface area contributed by atoms with Gasteiger partial charge < -0.3 is 5.43 Å². The average molecular weight is 311 g/mol. The lowest BCUT2D eigenvalue weighted by molar-refractivity contribution is -0.126. The number of carbonyl (C=O) groups excluding carboxylic acids is 1. The number of nitrogens with zero attached hydrogens (tertiary/aromatic N) is 1. The smallest absolute Gasteiger partial charge is 0.144 e. The highest BCUT2D eigenvalue weighted by Gasteiger charge is 2.46. The predicted molar refractivity (Wildman–Crippen MR) is 81.4 cm³/mol. The van der Waals surface area contributed by atoms with E-state index in [-0.39, 0.29) is 23.2 Å². The molecular formula is C15H16Cl2N2O. The molecule has 20 heavy (non-hydrogen) atoms. The van der Waals surface area contributed by atoms with Crippen LogP contribution in [0.3, 0.4) is 0 Å². The second-order valence-corrected chi connectivity index (χ2v) is 7.19.